The van der Waals surface area contributed by atoms with Crippen molar-refractivity contribution < 1.29 is 23.4 Å². The van der Waals surface area contributed by atoms with Crippen molar-refractivity contribution in [1.82, 2.24) is 0 Å². The first kappa shape index (κ1) is 13.5. The molecule has 16 heavy (non-hydrogen) atoms. The maximum absolute atomic E-state index is 11.3. The van der Waals surface area contributed by atoms with E-state index in [0.717, 1.165) is 0 Å². The number of rotatable bonds is 5. The van der Waals surface area contributed by atoms with Crippen molar-refractivity contribution in [2.45, 2.75) is 18.7 Å². The minimum atomic E-state index is -4.48. The molecule has 0 aliphatic carbocycles. The van der Waals surface area contributed by atoms with E-state index in [4.69, 9.17) is 4.52 Å². The minimum absolute atomic E-state index is 0.00730. The van der Waals surface area contributed by atoms with Crippen molar-refractivity contribution in [1.29, 1.82) is 0 Å². The molecule has 0 bridgehead atoms. The Morgan fingerprint density at radius 2 is 1.94 bits per heavy atom. The molecule has 0 aromatic heterocycles. The Labute approximate surface area is 94.9 Å². The van der Waals surface area contributed by atoms with Gasteiger partial charge < -0.3 is 9.79 Å². The predicted octanol–water partition coefficient (Wildman–Crippen LogP) is 2.08. The van der Waals surface area contributed by atoms with Gasteiger partial charge in [-0.05, 0) is 17.1 Å². The van der Waals surface area contributed by atoms with E-state index in [1.807, 2.05) is 0 Å². The van der Waals surface area contributed by atoms with Gasteiger partial charge in [-0.25, -0.2) is 0 Å². The van der Waals surface area contributed by atoms with Gasteiger partial charge in [-0.1, -0.05) is 30.3 Å². The van der Waals surface area contributed by atoms with E-state index in [1.54, 1.807) is 30.3 Å². The molecule has 0 spiro atoms. The molecule has 2 atom stereocenters. The lowest BCUT2D eigenvalue weighted by Gasteiger charge is -2.23. The van der Waals surface area contributed by atoms with Crippen molar-refractivity contribution in [2.75, 3.05) is 0 Å². The van der Waals surface area contributed by atoms with E-state index in [9.17, 15) is 18.9 Å². The van der Waals surface area contributed by atoms with Gasteiger partial charge in [0.1, 0.15) is 0 Å². The summed E-state index contributed by atoms with van der Waals surface area (Å²) < 4.78 is 26.4. The van der Waals surface area contributed by atoms with Crippen molar-refractivity contribution >= 4 is 16.3 Å². The maximum Gasteiger partial charge on any atom is 0.495 e. The molecular formula is C9H13O5P2+. The van der Waals surface area contributed by atoms with E-state index in [2.05, 4.69) is 0 Å². The van der Waals surface area contributed by atoms with E-state index < -0.39 is 21.6 Å². The quantitative estimate of drug-likeness (QED) is 0.794. The van der Waals surface area contributed by atoms with E-state index in [1.165, 1.54) is 6.92 Å². The van der Waals surface area contributed by atoms with Crippen LogP contribution in [0, 0.1) is 0 Å². The van der Waals surface area contributed by atoms with Crippen LogP contribution < -0.4 is 0 Å². The van der Waals surface area contributed by atoms with Gasteiger partial charge >= 0.3 is 16.3 Å². The monoisotopic (exact) mass is 263 g/mol. The summed E-state index contributed by atoms with van der Waals surface area (Å²) >= 11 is 0. The average Bonchev–Trinajstić information content (AvgIpc) is 2.17. The van der Waals surface area contributed by atoms with Crippen LogP contribution in [0.5, 0.6) is 0 Å². The number of hydrogen-bond donors (Lipinski definition) is 2. The Bertz CT molecular complexity index is 402. The molecule has 2 unspecified atom stereocenters. The van der Waals surface area contributed by atoms with Crippen molar-refractivity contribution in [2.24, 2.45) is 0 Å². The fourth-order valence-electron chi connectivity index (χ4n) is 1.26. The first-order valence-corrected chi connectivity index (χ1v) is 6.97. The molecule has 7 heteroatoms. The molecular weight excluding hydrogens is 250 g/mol. The third-order valence-corrected chi connectivity index (χ3v) is 4.44. The van der Waals surface area contributed by atoms with Crippen molar-refractivity contribution in [3.63, 3.8) is 0 Å². The van der Waals surface area contributed by atoms with Gasteiger partial charge in [0, 0.05) is 6.42 Å². The minimum Gasteiger partial charge on any atom is -0.322 e. The summed E-state index contributed by atoms with van der Waals surface area (Å²) in [6.45, 7) is 1.26. The van der Waals surface area contributed by atoms with Crippen LogP contribution in [0.3, 0.4) is 0 Å². The highest BCUT2D eigenvalue weighted by Gasteiger charge is 2.47. The zero-order valence-corrected chi connectivity index (χ0v) is 10.6. The lowest BCUT2D eigenvalue weighted by molar-refractivity contribution is 0.150. The Balaban J connectivity index is 2.97. The topological polar surface area (TPSA) is 83.8 Å². The van der Waals surface area contributed by atoms with Crippen LogP contribution in [0.25, 0.3) is 0 Å². The average molecular weight is 263 g/mol. The Morgan fingerprint density at radius 1 is 1.38 bits per heavy atom. The van der Waals surface area contributed by atoms with E-state index in [0.29, 0.717) is 5.56 Å². The smallest absolute Gasteiger partial charge is 0.322 e. The highest BCUT2D eigenvalue weighted by molar-refractivity contribution is 7.53. The summed E-state index contributed by atoms with van der Waals surface area (Å²) in [7, 11) is -5.69. The van der Waals surface area contributed by atoms with Gasteiger partial charge in [-0.3, -0.25) is 4.57 Å². The fourth-order valence-corrected chi connectivity index (χ4v) is 2.49. The summed E-state index contributed by atoms with van der Waals surface area (Å²) in [5.74, 6) is 0. The van der Waals surface area contributed by atoms with Crippen LogP contribution in [-0.4, -0.2) is 15.1 Å². The molecule has 0 aliphatic rings. The second-order valence-electron chi connectivity index (χ2n) is 3.57. The second kappa shape index (κ2) is 5.17. The summed E-state index contributed by atoms with van der Waals surface area (Å²) in [4.78, 5) is 18.4. The fraction of sp³-hybridized carbons (Fsp3) is 0.333. The molecule has 0 amide bonds. The van der Waals surface area contributed by atoms with Gasteiger partial charge in [-0.15, -0.1) is 4.52 Å². The molecule has 1 aromatic rings. The molecule has 0 fully saturated rings. The second-order valence-corrected chi connectivity index (χ2v) is 5.97. The van der Waals surface area contributed by atoms with Gasteiger partial charge in [0.25, 0.3) is 0 Å². The SMILES string of the molecule is CC(Cc1ccccc1)(O[PH+]=O)P(=O)(O)O. The Hall–Kier alpha value is -0.570. The molecule has 88 valence electrons. The van der Waals surface area contributed by atoms with Crippen LogP contribution in [-0.2, 0) is 20.1 Å². The number of benzene rings is 1. The molecule has 1 rings (SSSR count). The standard InChI is InChI=1S/C9H12O5P2/c1-9(14-15-10,16(11,12)13)7-8-5-3-2-4-6-8/h2-6,15H,7H2,1H3,(H-,11,12,13)/p+1. The highest BCUT2D eigenvalue weighted by atomic mass is 31.2. The summed E-state index contributed by atoms with van der Waals surface area (Å²) in [5.41, 5.74) is 0.714. The molecule has 2 N–H and O–H groups in total. The zero-order chi connectivity index (χ0) is 12.2. The first-order chi connectivity index (χ1) is 7.39. The van der Waals surface area contributed by atoms with Gasteiger partial charge in [-0.2, -0.15) is 0 Å². The Kier molecular flexibility index (Phi) is 4.36. The van der Waals surface area contributed by atoms with Crippen molar-refractivity contribution in [3.05, 3.63) is 35.9 Å². The normalized spacial score (nSPS) is 15.9. The maximum atomic E-state index is 11.3. The first-order valence-electron chi connectivity index (χ1n) is 4.54. The third-order valence-electron chi connectivity index (χ3n) is 2.25. The molecule has 0 radical (unpaired) electrons. The molecule has 5 nitrogen and oxygen atoms in total. The van der Waals surface area contributed by atoms with Gasteiger partial charge in [0.15, 0.2) is 0 Å². The molecule has 0 saturated heterocycles. The van der Waals surface area contributed by atoms with Gasteiger partial charge in [0.2, 0.25) is 5.34 Å². The summed E-state index contributed by atoms with van der Waals surface area (Å²) in [6.07, 6.45) is 0.00730. The largest absolute Gasteiger partial charge is 0.495 e. The highest BCUT2D eigenvalue weighted by Crippen LogP contribution is 2.54. The summed E-state index contributed by atoms with van der Waals surface area (Å²) in [5, 5.41) is -1.74. The van der Waals surface area contributed by atoms with E-state index >= 15 is 0 Å². The molecule has 0 aliphatic heterocycles. The molecule has 1 aromatic carbocycles. The van der Waals surface area contributed by atoms with Crippen LogP contribution in [0.2, 0.25) is 0 Å². The lowest BCUT2D eigenvalue weighted by atomic mass is 10.1. The molecule has 0 heterocycles. The van der Waals surface area contributed by atoms with Crippen LogP contribution >= 0.6 is 16.3 Å². The van der Waals surface area contributed by atoms with Gasteiger partial charge in [0.05, 0.1) is 0 Å². The lowest BCUT2D eigenvalue weighted by Crippen LogP contribution is -2.28. The predicted molar refractivity (Wildman–Crippen MR) is 60.7 cm³/mol. The molecule has 0 saturated carbocycles. The summed E-state index contributed by atoms with van der Waals surface area (Å²) in [6, 6.07) is 8.77. The Morgan fingerprint density at radius 3 is 2.38 bits per heavy atom. The van der Waals surface area contributed by atoms with Crippen LogP contribution in [0.1, 0.15) is 12.5 Å². The number of hydrogen-bond acceptors (Lipinski definition) is 3. The van der Waals surface area contributed by atoms with E-state index in [-0.39, 0.29) is 6.42 Å². The van der Waals surface area contributed by atoms with Crippen molar-refractivity contribution in [3.8, 4) is 0 Å². The zero-order valence-electron chi connectivity index (χ0n) is 8.66. The van der Waals surface area contributed by atoms with Crippen LogP contribution in [0.4, 0.5) is 0 Å². The van der Waals surface area contributed by atoms with Crippen LogP contribution in [0.15, 0.2) is 30.3 Å². The third kappa shape index (κ3) is 3.21.